The van der Waals surface area contributed by atoms with E-state index < -0.39 is 11.6 Å². The van der Waals surface area contributed by atoms with Gasteiger partial charge in [-0.25, -0.2) is 4.79 Å². The fourth-order valence-electron chi connectivity index (χ4n) is 0.762. The fraction of sp³-hybridized carbons (Fsp3) is 0.600. The molecule has 0 spiro atoms. The first-order valence-corrected chi connectivity index (χ1v) is 5.30. The van der Waals surface area contributed by atoms with E-state index in [1.807, 2.05) is 20.8 Å². The Kier molecular flexibility index (Phi) is 5.81. The van der Waals surface area contributed by atoms with E-state index in [2.05, 4.69) is 16.2 Å². The number of ether oxygens (including phenoxy) is 1. The van der Waals surface area contributed by atoms with Crippen LogP contribution in [0, 0.1) is 0 Å². The van der Waals surface area contributed by atoms with Gasteiger partial charge in [0.1, 0.15) is 5.60 Å². The first-order chi connectivity index (χ1) is 7.24. The summed E-state index contributed by atoms with van der Waals surface area (Å²) in [6, 6.07) is 0. The second-order valence-electron chi connectivity index (χ2n) is 4.19. The number of thiocarbonyl (C=S) groups is 1. The van der Waals surface area contributed by atoms with Crippen LogP contribution in [0.2, 0.25) is 0 Å². The molecule has 0 radical (unpaired) electrons. The van der Waals surface area contributed by atoms with Crippen LogP contribution in [0.3, 0.4) is 0 Å². The first-order valence-electron chi connectivity index (χ1n) is 4.89. The zero-order chi connectivity index (χ0) is 12.8. The lowest BCUT2D eigenvalue weighted by molar-refractivity contribution is -0.148. The van der Waals surface area contributed by atoms with E-state index in [-0.39, 0.29) is 0 Å². The van der Waals surface area contributed by atoms with E-state index in [1.165, 1.54) is 6.08 Å². The van der Waals surface area contributed by atoms with E-state index in [0.29, 0.717) is 10.8 Å². The molecule has 0 aromatic carbocycles. The van der Waals surface area contributed by atoms with E-state index in [1.54, 1.807) is 14.0 Å². The van der Waals surface area contributed by atoms with Crippen LogP contribution in [-0.2, 0) is 9.53 Å². The van der Waals surface area contributed by atoms with E-state index in [4.69, 9.17) is 17.0 Å². The van der Waals surface area contributed by atoms with Crippen molar-refractivity contribution in [3.8, 4) is 0 Å². The van der Waals surface area contributed by atoms with Gasteiger partial charge in [-0.15, -0.1) is 0 Å². The van der Waals surface area contributed by atoms with Gasteiger partial charge in [0.25, 0.3) is 0 Å². The Morgan fingerprint density at radius 3 is 2.31 bits per heavy atom. The molecule has 0 heterocycles. The maximum absolute atomic E-state index is 11.4. The van der Waals surface area contributed by atoms with Gasteiger partial charge in [0.05, 0.1) is 0 Å². The van der Waals surface area contributed by atoms with Crippen LogP contribution in [0.15, 0.2) is 11.8 Å². The molecule has 5 nitrogen and oxygen atoms in total. The third-order valence-corrected chi connectivity index (χ3v) is 1.65. The molecule has 0 aliphatic heterocycles. The van der Waals surface area contributed by atoms with Crippen molar-refractivity contribution < 1.29 is 9.53 Å². The molecule has 0 rings (SSSR count). The third kappa shape index (κ3) is 8.05. The summed E-state index contributed by atoms with van der Waals surface area (Å²) in [5.74, 6) is -0.394. The normalized spacial score (nSPS) is 11.7. The molecule has 0 atom stereocenters. The summed E-state index contributed by atoms with van der Waals surface area (Å²) in [7, 11) is 1.70. The summed E-state index contributed by atoms with van der Waals surface area (Å²) >= 11 is 4.85. The highest BCUT2D eigenvalue weighted by molar-refractivity contribution is 7.80. The van der Waals surface area contributed by atoms with Gasteiger partial charge in [-0.3, -0.25) is 5.43 Å². The quantitative estimate of drug-likeness (QED) is 0.296. The minimum absolute atomic E-state index is 0.394. The van der Waals surface area contributed by atoms with Crippen LogP contribution < -0.4 is 16.2 Å². The van der Waals surface area contributed by atoms with Gasteiger partial charge in [0, 0.05) is 18.8 Å². The van der Waals surface area contributed by atoms with Gasteiger partial charge in [0.15, 0.2) is 5.11 Å². The lowest BCUT2D eigenvalue weighted by Gasteiger charge is -2.18. The number of allylic oxidation sites excluding steroid dienone is 1. The number of carbonyl (C=O) groups excluding carboxylic acids is 1. The van der Waals surface area contributed by atoms with Crippen molar-refractivity contribution >= 4 is 23.3 Å². The zero-order valence-electron chi connectivity index (χ0n) is 10.3. The third-order valence-electron chi connectivity index (χ3n) is 1.34. The minimum atomic E-state index is -0.485. The van der Waals surface area contributed by atoms with Crippen molar-refractivity contribution in [3.05, 3.63) is 11.8 Å². The molecule has 0 amide bonds. The van der Waals surface area contributed by atoms with Gasteiger partial charge < -0.3 is 15.5 Å². The molecular weight excluding hydrogens is 226 g/mol. The summed E-state index contributed by atoms with van der Waals surface area (Å²) in [6.45, 7) is 7.18. The standard InChI is InChI=1S/C10H19N3O2S/c1-7(12-13-9(16)11-5)6-8(14)15-10(2,3)4/h6,12H,1-5H3,(H2,11,13,16)/b7-6-. The maximum Gasteiger partial charge on any atom is 0.333 e. The molecule has 92 valence electrons. The summed E-state index contributed by atoms with van der Waals surface area (Å²) in [5, 5.41) is 3.17. The molecule has 0 saturated carbocycles. The number of rotatable bonds is 3. The zero-order valence-corrected chi connectivity index (χ0v) is 11.1. The Balaban J connectivity index is 4.12. The Bertz CT molecular complexity index is 295. The lowest BCUT2D eigenvalue weighted by Crippen LogP contribution is -2.41. The molecule has 0 bridgehead atoms. The molecule has 0 unspecified atom stereocenters. The highest BCUT2D eigenvalue weighted by Crippen LogP contribution is 2.07. The van der Waals surface area contributed by atoms with Crippen LogP contribution in [0.1, 0.15) is 27.7 Å². The number of hydrogen-bond donors (Lipinski definition) is 3. The Hall–Kier alpha value is -1.30. The lowest BCUT2D eigenvalue weighted by atomic mass is 10.2. The number of esters is 1. The molecule has 16 heavy (non-hydrogen) atoms. The van der Waals surface area contributed by atoms with Crippen LogP contribution in [0.5, 0.6) is 0 Å². The molecule has 0 aliphatic rings. The molecular formula is C10H19N3O2S. The molecule has 0 saturated heterocycles. The van der Waals surface area contributed by atoms with Gasteiger partial charge >= 0.3 is 5.97 Å². The summed E-state index contributed by atoms with van der Waals surface area (Å²) in [6.07, 6.45) is 1.36. The number of carbonyl (C=O) groups is 1. The predicted octanol–water partition coefficient (Wildman–Crippen LogP) is 0.830. The van der Waals surface area contributed by atoms with Crippen molar-refractivity contribution in [2.75, 3.05) is 7.05 Å². The second-order valence-corrected chi connectivity index (χ2v) is 4.60. The molecule has 0 aromatic rings. The summed E-state index contributed by atoms with van der Waals surface area (Å²) in [4.78, 5) is 11.4. The summed E-state index contributed by atoms with van der Waals surface area (Å²) in [5.41, 5.74) is 5.58. The highest BCUT2D eigenvalue weighted by Gasteiger charge is 2.14. The van der Waals surface area contributed by atoms with Gasteiger partial charge in [0.2, 0.25) is 0 Å². The van der Waals surface area contributed by atoms with Crippen LogP contribution in [0.4, 0.5) is 0 Å². The summed E-state index contributed by atoms with van der Waals surface area (Å²) < 4.78 is 5.11. The molecule has 0 aromatic heterocycles. The average molecular weight is 245 g/mol. The topological polar surface area (TPSA) is 62.4 Å². The van der Waals surface area contributed by atoms with Gasteiger partial charge in [-0.2, -0.15) is 0 Å². The monoisotopic (exact) mass is 245 g/mol. The number of hydrazine groups is 1. The van der Waals surface area contributed by atoms with Crippen LogP contribution in [0.25, 0.3) is 0 Å². The molecule has 0 fully saturated rings. The Labute approximate surface area is 102 Å². The Morgan fingerprint density at radius 2 is 1.88 bits per heavy atom. The fourth-order valence-corrected chi connectivity index (χ4v) is 0.813. The van der Waals surface area contributed by atoms with Crippen molar-refractivity contribution in [1.29, 1.82) is 0 Å². The van der Waals surface area contributed by atoms with Crippen molar-refractivity contribution in [1.82, 2.24) is 16.2 Å². The van der Waals surface area contributed by atoms with E-state index in [0.717, 1.165) is 0 Å². The SMILES string of the molecule is CNC(=S)NN/C(C)=C\C(=O)OC(C)(C)C. The van der Waals surface area contributed by atoms with Crippen LogP contribution >= 0.6 is 12.2 Å². The number of hydrogen-bond acceptors (Lipinski definition) is 4. The average Bonchev–Trinajstić information content (AvgIpc) is 2.10. The largest absolute Gasteiger partial charge is 0.457 e. The Morgan fingerprint density at radius 1 is 1.31 bits per heavy atom. The first kappa shape index (κ1) is 14.7. The van der Waals surface area contributed by atoms with Crippen molar-refractivity contribution in [3.63, 3.8) is 0 Å². The number of nitrogens with one attached hydrogen (secondary N) is 3. The smallest absolute Gasteiger partial charge is 0.333 e. The van der Waals surface area contributed by atoms with Gasteiger partial charge in [-0.05, 0) is 39.9 Å². The van der Waals surface area contributed by atoms with E-state index in [9.17, 15) is 4.79 Å². The highest BCUT2D eigenvalue weighted by atomic mass is 32.1. The molecule has 6 heteroatoms. The van der Waals surface area contributed by atoms with Crippen LogP contribution in [-0.4, -0.2) is 23.7 Å². The minimum Gasteiger partial charge on any atom is -0.457 e. The maximum atomic E-state index is 11.4. The molecule has 0 aliphatic carbocycles. The van der Waals surface area contributed by atoms with Gasteiger partial charge in [-0.1, -0.05) is 0 Å². The van der Waals surface area contributed by atoms with Crippen molar-refractivity contribution in [2.24, 2.45) is 0 Å². The van der Waals surface area contributed by atoms with E-state index >= 15 is 0 Å². The van der Waals surface area contributed by atoms with Crippen molar-refractivity contribution in [2.45, 2.75) is 33.3 Å². The molecule has 3 N–H and O–H groups in total. The second kappa shape index (κ2) is 6.32. The predicted molar refractivity (Wildman–Crippen MR) is 67.5 cm³/mol.